The molecule has 3 fully saturated rings. The standard InChI is InChI=1S/C17H26N6O/c1-20-6-7-23(12-17(20)24)16-10-15(18-13-19-16)22-9-8-21-5-3-2-4-14(21)11-22/h10,13-14H,2-9,11-12H2,1H3. The van der Waals surface area contributed by atoms with Crippen LogP contribution in [0.1, 0.15) is 19.3 Å². The maximum Gasteiger partial charge on any atom is 0.241 e. The summed E-state index contributed by atoms with van der Waals surface area (Å²) >= 11 is 0. The SMILES string of the molecule is CN1CCN(c2cc(N3CCN4CCCCC4C3)ncn2)CC1=O. The van der Waals surface area contributed by atoms with Gasteiger partial charge in [-0.2, -0.15) is 0 Å². The maximum absolute atomic E-state index is 11.9. The second-order valence-corrected chi connectivity index (χ2v) is 7.10. The number of piperazine rings is 2. The molecule has 4 heterocycles. The van der Waals surface area contributed by atoms with Gasteiger partial charge in [0.2, 0.25) is 5.91 Å². The minimum Gasteiger partial charge on any atom is -0.354 e. The zero-order valence-corrected chi connectivity index (χ0v) is 14.4. The van der Waals surface area contributed by atoms with Crippen LogP contribution >= 0.6 is 0 Å². The molecule has 3 aliphatic rings. The molecule has 0 spiro atoms. The summed E-state index contributed by atoms with van der Waals surface area (Å²) in [5, 5.41) is 0. The molecule has 4 rings (SSSR count). The van der Waals surface area contributed by atoms with Crippen molar-refractivity contribution in [3.05, 3.63) is 12.4 Å². The molecule has 0 aromatic carbocycles. The van der Waals surface area contributed by atoms with Crippen molar-refractivity contribution >= 4 is 17.5 Å². The van der Waals surface area contributed by atoms with E-state index in [1.165, 1.54) is 25.8 Å². The second-order valence-electron chi connectivity index (χ2n) is 7.10. The molecule has 3 aliphatic heterocycles. The van der Waals surface area contributed by atoms with Gasteiger partial charge < -0.3 is 14.7 Å². The minimum absolute atomic E-state index is 0.150. The van der Waals surface area contributed by atoms with Gasteiger partial charge in [0, 0.05) is 51.9 Å². The van der Waals surface area contributed by atoms with Crippen molar-refractivity contribution in [3.8, 4) is 0 Å². The number of likely N-dealkylation sites (N-methyl/N-ethyl adjacent to an activating group) is 1. The molecule has 1 aromatic heterocycles. The van der Waals surface area contributed by atoms with Crippen molar-refractivity contribution in [2.45, 2.75) is 25.3 Å². The monoisotopic (exact) mass is 330 g/mol. The van der Waals surface area contributed by atoms with Gasteiger partial charge in [-0.3, -0.25) is 9.69 Å². The van der Waals surface area contributed by atoms with Crippen LogP contribution in [0.25, 0.3) is 0 Å². The highest BCUT2D eigenvalue weighted by molar-refractivity contribution is 5.82. The fourth-order valence-electron chi connectivity index (χ4n) is 4.00. The highest BCUT2D eigenvalue weighted by atomic mass is 16.2. The summed E-state index contributed by atoms with van der Waals surface area (Å²) in [5.74, 6) is 2.02. The summed E-state index contributed by atoms with van der Waals surface area (Å²) in [6.45, 7) is 6.43. The maximum atomic E-state index is 11.9. The van der Waals surface area contributed by atoms with Gasteiger partial charge in [0.25, 0.3) is 0 Å². The van der Waals surface area contributed by atoms with Gasteiger partial charge in [0.15, 0.2) is 0 Å². The van der Waals surface area contributed by atoms with E-state index in [4.69, 9.17) is 0 Å². The van der Waals surface area contributed by atoms with Gasteiger partial charge in [0.1, 0.15) is 18.0 Å². The molecule has 1 unspecified atom stereocenters. The number of aromatic nitrogens is 2. The smallest absolute Gasteiger partial charge is 0.241 e. The summed E-state index contributed by atoms with van der Waals surface area (Å²) in [7, 11) is 1.86. The summed E-state index contributed by atoms with van der Waals surface area (Å²) in [5.41, 5.74) is 0. The third-order valence-electron chi connectivity index (χ3n) is 5.58. The van der Waals surface area contributed by atoms with Crippen LogP contribution in [0.2, 0.25) is 0 Å². The Morgan fingerprint density at radius 2 is 1.79 bits per heavy atom. The topological polar surface area (TPSA) is 55.8 Å². The van der Waals surface area contributed by atoms with Gasteiger partial charge in [-0.1, -0.05) is 6.42 Å². The molecule has 7 heteroatoms. The van der Waals surface area contributed by atoms with Crippen molar-refractivity contribution in [3.63, 3.8) is 0 Å². The molecule has 0 aliphatic carbocycles. The molecule has 130 valence electrons. The average Bonchev–Trinajstić information content (AvgIpc) is 2.64. The van der Waals surface area contributed by atoms with E-state index >= 15 is 0 Å². The predicted molar refractivity (Wildman–Crippen MR) is 93.3 cm³/mol. The number of nitrogens with zero attached hydrogens (tertiary/aromatic N) is 6. The fraction of sp³-hybridized carbons (Fsp3) is 0.706. The summed E-state index contributed by atoms with van der Waals surface area (Å²) in [6.07, 6.45) is 5.61. The van der Waals surface area contributed by atoms with Gasteiger partial charge in [0.05, 0.1) is 6.54 Å². The second kappa shape index (κ2) is 6.55. The number of hydrogen-bond donors (Lipinski definition) is 0. The Morgan fingerprint density at radius 3 is 2.62 bits per heavy atom. The lowest BCUT2D eigenvalue weighted by atomic mass is 9.99. The lowest BCUT2D eigenvalue weighted by Crippen LogP contribution is -2.55. The molecule has 1 atom stereocenters. The van der Waals surface area contributed by atoms with Crippen molar-refractivity contribution in [2.75, 3.05) is 62.7 Å². The molecule has 3 saturated heterocycles. The lowest BCUT2D eigenvalue weighted by Gasteiger charge is -2.44. The van der Waals surface area contributed by atoms with Crippen LogP contribution in [0.15, 0.2) is 12.4 Å². The number of fused-ring (bicyclic) bond motifs is 1. The first kappa shape index (κ1) is 15.6. The highest BCUT2D eigenvalue weighted by Crippen LogP contribution is 2.25. The van der Waals surface area contributed by atoms with Gasteiger partial charge >= 0.3 is 0 Å². The van der Waals surface area contributed by atoms with Gasteiger partial charge in [-0.25, -0.2) is 9.97 Å². The van der Waals surface area contributed by atoms with Crippen molar-refractivity contribution in [2.24, 2.45) is 0 Å². The van der Waals surface area contributed by atoms with Crippen LogP contribution in [0, 0.1) is 0 Å². The summed E-state index contributed by atoms with van der Waals surface area (Å²) in [4.78, 5) is 29.7. The Morgan fingerprint density at radius 1 is 1.00 bits per heavy atom. The number of rotatable bonds is 2. The van der Waals surface area contributed by atoms with Gasteiger partial charge in [-0.05, 0) is 19.4 Å². The van der Waals surface area contributed by atoms with Crippen LogP contribution in [0.5, 0.6) is 0 Å². The number of hydrogen-bond acceptors (Lipinski definition) is 6. The first-order valence-electron chi connectivity index (χ1n) is 9.00. The highest BCUT2D eigenvalue weighted by Gasteiger charge is 2.30. The first-order valence-corrected chi connectivity index (χ1v) is 9.00. The van der Waals surface area contributed by atoms with Crippen LogP contribution in [0.4, 0.5) is 11.6 Å². The predicted octanol–water partition coefficient (Wildman–Crippen LogP) is 0.429. The van der Waals surface area contributed by atoms with E-state index in [1.807, 2.05) is 7.05 Å². The number of anilines is 2. The molecule has 1 aromatic rings. The van der Waals surface area contributed by atoms with Crippen molar-refractivity contribution in [1.29, 1.82) is 0 Å². The van der Waals surface area contributed by atoms with Gasteiger partial charge in [-0.15, -0.1) is 0 Å². The molecule has 0 N–H and O–H groups in total. The van der Waals surface area contributed by atoms with Crippen molar-refractivity contribution < 1.29 is 4.79 Å². The van der Waals surface area contributed by atoms with E-state index in [2.05, 4.69) is 30.7 Å². The van der Waals surface area contributed by atoms with E-state index in [9.17, 15) is 4.79 Å². The van der Waals surface area contributed by atoms with E-state index in [-0.39, 0.29) is 5.91 Å². The number of piperidine rings is 1. The fourth-order valence-corrected chi connectivity index (χ4v) is 4.00. The zero-order chi connectivity index (χ0) is 16.5. The minimum atomic E-state index is 0.150. The third kappa shape index (κ3) is 3.05. The zero-order valence-electron chi connectivity index (χ0n) is 14.4. The van der Waals surface area contributed by atoms with Crippen LogP contribution in [-0.2, 0) is 4.79 Å². The Hall–Kier alpha value is -1.89. The van der Waals surface area contributed by atoms with E-state index in [1.54, 1.807) is 11.2 Å². The molecule has 1 amide bonds. The van der Waals surface area contributed by atoms with E-state index in [0.29, 0.717) is 12.6 Å². The number of amides is 1. The molecule has 24 heavy (non-hydrogen) atoms. The largest absolute Gasteiger partial charge is 0.354 e. The Balaban J connectivity index is 1.47. The van der Waals surface area contributed by atoms with E-state index in [0.717, 1.165) is 44.4 Å². The summed E-state index contributed by atoms with van der Waals surface area (Å²) in [6, 6.07) is 2.72. The summed E-state index contributed by atoms with van der Waals surface area (Å²) < 4.78 is 0. The van der Waals surface area contributed by atoms with Crippen LogP contribution in [-0.4, -0.2) is 84.6 Å². The quantitative estimate of drug-likeness (QED) is 0.784. The molecular formula is C17H26N6O. The Bertz CT molecular complexity index is 608. The van der Waals surface area contributed by atoms with Crippen molar-refractivity contribution in [1.82, 2.24) is 19.8 Å². The van der Waals surface area contributed by atoms with Crippen LogP contribution < -0.4 is 9.80 Å². The number of carbonyl (C=O) groups is 1. The lowest BCUT2D eigenvalue weighted by molar-refractivity contribution is -0.129. The molecule has 0 radical (unpaired) electrons. The van der Waals surface area contributed by atoms with E-state index < -0.39 is 0 Å². The number of carbonyl (C=O) groups excluding carboxylic acids is 1. The average molecular weight is 330 g/mol. The molecule has 0 bridgehead atoms. The Kier molecular flexibility index (Phi) is 4.26. The molecule has 7 nitrogen and oxygen atoms in total. The normalized spacial score (nSPS) is 25.8. The molecular weight excluding hydrogens is 304 g/mol. The first-order chi connectivity index (χ1) is 11.7. The molecule has 0 saturated carbocycles. The Labute approximate surface area is 143 Å². The third-order valence-corrected chi connectivity index (χ3v) is 5.58. The van der Waals surface area contributed by atoms with Crippen LogP contribution in [0.3, 0.4) is 0 Å².